The minimum absolute atomic E-state index is 0.239. The van der Waals surface area contributed by atoms with Crippen LogP contribution in [0.2, 0.25) is 0 Å². The van der Waals surface area contributed by atoms with Crippen LogP contribution < -0.4 is 5.32 Å². The standard InChI is InChI=1S/C19H16FN3O/c20-18-7-2-1-6-17(18)14-11-15(13-21-12-14)19(24)23-10-8-16-5-3-4-9-22-16/h1-7,9,11-13H,8,10H2,(H,23,24). The zero-order chi connectivity index (χ0) is 16.8. The molecule has 0 bridgehead atoms. The van der Waals surface area contributed by atoms with Crippen molar-refractivity contribution in [1.82, 2.24) is 15.3 Å². The van der Waals surface area contributed by atoms with Gasteiger partial charge in [-0.2, -0.15) is 0 Å². The van der Waals surface area contributed by atoms with Crippen LogP contribution in [0.15, 0.2) is 67.1 Å². The van der Waals surface area contributed by atoms with E-state index in [1.165, 1.54) is 12.3 Å². The lowest BCUT2D eigenvalue weighted by molar-refractivity contribution is 0.0953. The van der Waals surface area contributed by atoms with Gasteiger partial charge in [0.2, 0.25) is 0 Å². The van der Waals surface area contributed by atoms with Crippen LogP contribution in [-0.2, 0) is 6.42 Å². The summed E-state index contributed by atoms with van der Waals surface area (Å²) in [4.78, 5) is 20.5. The maximum Gasteiger partial charge on any atom is 0.252 e. The number of halogens is 1. The summed E-state index contributed by atoms with van der Waals surface area (Å²) >= 11 is 0. The Morgan fingerprint density at radius 2 is 1.92 bits per heavy atom. The number of carbonyl (C=O) groups is 1. The molecular formula is C19H16FN3O. The normalized spacial score (nSPS) is 10.4. The first-order chi connectivity index (χ1) is 11.7. The second kappa shape index (κ2) is 7.46. The fourth-order valence-electron chi connectivity index (χ4n) is 2.36. The molecule has 2 heterocycles. The number of hydrogen-bond donors (Lipinski definition) is 1. The van der Waals surface area contributed by atoms with E-state index >= 15 is 0 Å². The lowest BCUT2D eigenvalue weighted by Gasteiger charge is -2.07. The Labute approximate surface area is 139 Å². The molecule has 0 aliphatic heterocycles. The summed E-state index contributed by atoms with van der Waals surface area (Å²) in [5.41, 5.74) is 2.31. The number of rotatable bonds is 5. The van der Waals surface area contributed by atoms with Gasteiger partial charge < -0.3 is 5.32 Å². The average Bonchev–Trinajstić information content (AvgIpc) is 2.63. The zero-order valence-corrected chi connectivity index (χ0v) is 12.9. The SMILES string of the molecule is O=C(NCCc1ccccn1)c1cncc(-c2ccccc2F)c1. The zero-order valence-electron chi connectivity index (χ0n) is 12.9. The Morgan fingerprint density at radius 1 is 1.08 bits per heavy atom. The summed E-state index contributed by atoms with van der Waals surface area (Å²) < 4.78 is 13.9. The Bertz CT molecular complexity index is 837. The van der Waals surface area contributed by atoms with Crippen LogP contribution in [-0.4, -0.2) is 22.4 Å². The number of benzene rings is 1. The van der Waals surface area contributed by atoms with E-state index in [0.29, 0.717) is 29.7 Å². The fourth-order valence-corrected chi connectivity index (χ4v) is 2.36. The van der Waals surface area contributed by atoms with Gasteiger partial charge in [0, 0.05) is 48.4 Å². The molecule has 0 saturated heterocycles. The molecular weight excluding hydrogens is 305 g/mol. The third kappa shape index (κ3) is 3.81. The second-order valence-corrected chi connectivity index (χ2v) is 5.27. The van der Waals surface area contributed by atoms with E-state index in [1.54, 1.807) is 36.7 Å². The molecule has 1 N–H and O–H groups in total. The highest BCUT2D eigenvalue weighted by Gasteiger charge is 2.10. The predicted octanol–water partition coefficient (Wildman–Crippen LogP) is 3.26. The van der Waals surface area contributed by atoms with Crippen molar-refractivity contribution in [2.75, 3.05) is 6.54 Å². The number of hydrogen-bond acceptors (Lipinski definition) is 3. The first-order valence-electron chi connectivity index (χ1n) is 7.62. The molecule has 0 radical (unpaired) electrons. The summed E-state index contributed by atoms with van der Waals surface area (Å²) in [5, 5.41) is 2.83. The van der Waals surface area contributed by atoms with E-state index in [2.05, 4.69) is 15.3 Å². The Morgan fingerprint density at radius 3 is 2.71 bits per heavy atom. The van der Waals surface area contributed by atoms with Gasteiger partial charge in [0.1, 0.15) is 5.82 Å². The molecule has 4 nitrogen and oxygen atoms in total. The van der Waals surface area contributed by atoms with Gasteiger partial charge in [-0.1, -0.05) is 24.3 Å². The fraction of sp³-hybridized carbons (Fsp3) is 0.105. The van der Waals surface area contributed by atoms with Gasteiger partial charge in [-0.3, -0.25) is 14.8 Å². The van der Waals surface area contributed by atoms with E-state index < -0.39 is 0 Å². The van der Waals surface area contributed by atoms with E-state index in [0.717, 1.165) is 5.69 Å². The molecule has 2 aromatic heterocycles. The highest BCUT2D eigenvalue weighted by atomic mass is 19.1. The quantitative estimate of drug-likeness (QED) is 0.785. The van der Waals surface area contributed by atoms with Gasteiger partial charge in [-0.15, -0.1) is 0 Å². The van der Waals surface area contributed by atoms with Gasteiger partial charge in [-0.05, 0) is 24.3 Å². The highest BCUT2D eigenvalue weighted by Crippen LogP contribution is 2.22. The maximum absolute atomic E-state index is 13.9. The lowest BCUT2D eigenvalue weighted by atomic mass is 10.1. The van der Waals surface area contributed by atoms with Crippen LogP contribution in [0.1, 0.15) is 16.1 Å². The third-order valence-electron chi connectivity index (χ3n) is 3.58. The summed E-state index contributed by atoms with van der Waals surface area (Å²) in [6, 6.07) is 13.7. The van der Waals surface area contributed by atoms with Gasteiger partial charge in [0.25, 0.3) is 5.91 Å². The molecule has 0 saturated carbocycles. The van der Waals surface area contributed by atoms with Crippen molar-refractivity contribution >= 4 is 5.91 Å². The Balaban J connectivity index is 1.67. The van der Waals surface area contributed by atoms with E-state index in [1.807, 2.05) is 18.2 Å². The Hall–Kier alpha value is -3.08. The molecule has 5 heteroatoms. The van der Waals surface area contributed by atoms with Crippen LogP contribution >= 0.6 is 0 Å². The number of carbonyl (C=O) groups excluding carboxylic acids is 1. The number of aromatic nitrogens is 2. The molecule has 0 aliphatic carbocycles. The number of pyridine rings is 2. The molecule has 1 amide bonds. The first-order valence-corrected chi connectivity index (χ1v) is 7.62. The molecule has 0 spiro atoms. The van der Waals surface area contributed by atoms with Crippen molar-refractivity contribution in [3.63, 3.8) is 0 Å². The summed E-state index contributed by atoms with van der Waals surface area (Å²) in [6.07, 6.45) is 5.38. The highest BCUT2D eigenvalue weighted by molar-refractivity contribution is 5.95. The topological polar surface area (TPSA) is 54.9 Å². The smallest absolute Gasteiger partial charge is 0.252 e. The number of amides is 1. The molecule has 0 atom stereocenters. The summed E-state index contributed by atoms with van der Waals surface area (Å²) in [7, 11) is 0. The maximum atomic E-state index is 13.9. The largest absolute Gasteiger partial charge is 0.352 e. The van der Waals surface area contributed by atoms with Gasteiger partial charge in [0.05, 0.1) is 5.56 Å². The molecule has 0 unspecified atom stereocenters. The molecule has 0 aliphatic rings. The van der Waals surface area contributed by atoms with Crippen LogP contribution in [0, 0.1) is 5.82 Å². The Kier molecular flexibility index (Phi) is 4.91. The molecule has 3 rings (SSSR count). The second-order valence-electron chi connectivity index (χ2n) is 5.27. The minimum atomic E-state index is -0.341. The van der Waals surface area contributed by atoms with Crippen molar-refractivity contribution < 1.29 is 9.18 Å². The van der Waals surface area contributed by atoms with Crippen LogP contribution in [0.5, 0.6) is 0 Å². The van der Waals surface area contributed by atoms with Crippen molar-refractivity contribution in [3.05, 3.63) is 84.2 Å². The van der Waals surface area contributed by atoms with Crippen molar-refractivity contribution in [2.45, 2.75) is 6.42 Å². The summed E-state index contributed by atoms with van der Waals surface area (Å²) in [5.74, 6) is -0.580. The van der Waals surface area contributed by atoms with E-state index in [4.69, 9.17) is 0 Å². The van der Waals surface area contributed by atoms with E-state index in [9.17, 15) is 9.18 Å². The van der Waals surface area contributed by atoms with Crippen LogP contribution in [0.25, 0.3) is 11.1 Å². The van der Waals surface area contributed by atoms with Crippen molar-refractivity contribution in [2.24, 2.45) is 0 Å². The molecule has 1 aromatic carbocycles. The monoisotopic (exact) mass is 321 g/mol. The number of nitrogens with zero attached hydrogens (tertiary/aromatic N) is 2. The van der Waals surface area contributed by atoms with Crippen molar-refractivity contribution in [3.8, 4) is 11.1 Å². The van der Waals surface area contributed by atoms with Crippen molar-refractivity contribution in [1.29, 1.82) is 0 Å². The first kappa shape index (κ1) is 15.8. The van der Waals surface area contributed by atoms with Gasteiger partial charge in [0.15, 0.2) is 0 Å². The average molecular weight is 321 g/mol. The van der Waals surface area contributed by atoms with Gasteiger partial charge >= 0.3 is 0 Å². The minimum Gasteiger partial charge on any atom is -0.352 e. The predicted molar refractivity (Wildman–Crippen MR) is 89.9 cm³/mol. The molecule has 0 fully saturated rings. The van der Waals surface area contributed by atoms with Crippen LogP contribution in [0.4, 0.5) is 4.39 Å². The third-order valence-corrected chi connectivity index (χ3v) is 3.58. The molecule has 3 aromatic rings. The lowest BCUT2D eigenvalue weighted by Crippen LogP contribution is -2.26. The van der Waals surface area contributed by atoms with E-state index in [-0.39, 0.29) is 11.7 Å². The summed E-state index contributed by atoms with van der Waals surface area (Å²) in [6.45, 7) is 0.472. The number of nitrogens with one attached hydrogen (secondary N) is 1. The molecule has 120 valence electrons. The van der Waals surface area contributed by atoms with Crippen LogP contribution in [0.3, 0.4) is 0 Å². The van der Waals surface area contributed by atoms with Gasteiger partial charge in [-0.25, -0.2) is 4.39 Å². The molecule has 24 heavy (non-hydrogen) atoms.